The number of aryl methyl sites for hydroxylation is 1. The number of nitrogens with zero attached hydrogens (tertiary/aromatic N) is 1. The summed E-state index contributed by atoms with van der Waals surface area (Å²) in [6.45, 7) is 2.97. The first-order chi connectivity index (χ1) is 13.0. The van der Waals surface area contributed by atoms with Crippen LogP contribution >= 0.6 is 23.2 Å². The monoisotopic (exact) mass is 404 g/mol. The molecule has 1 aliphatic heterocycles. The lowest BCUT2D eigenvalue weighted by atomic mass is 10.1. The number of amides is 2. The van der Waals surface area contributed by atoms with Crippen molar-refractivity contribution in [2.75, 3.05) is 18.0 Å². The number of halogens is 2. The SMILES string of the molecule is CCc1ccc(N2C[C@@H](C(=O)NCCc3ccc(Cl)cc3Cl)CC2=O)cc1. The molecule has 2 aromatic carbocycles. The van der Waals surface area contributed by atoms with E-state index in [1.165, 1.54) is 5.56 Å². The van der Waals surface area contributed by atoms with E-state index < -0.39 is 0 Å². The fourth-order valence-corrected chi connectivity index (χ4v) is 3.74. The highest BCUT2D eigenvalue weighted by Gasteiger charge is 2.34. The molecule has 27 heavy (non-hydrogen) atoms. The third kappa shape index (κ3) is 4.82. The van der Waals surface area contributed by atoms with Crippen LogP contribution in [0, 0.1) is 5.92 Å². The van der Waals surface area contributed by atoms with Crippen LogP contribution in [0.5, 0.6) is 0 Å². The summed E-state index contributed by atoms with van der Waals surface area (Å²) in [7, 11) is 0. The van der Waals surface area contributed by atoms with E-state index in [1.807, 2.05) is 30.3 Å². The molecule has 1 fully saturated rings. The lowest BCUT2D eigenvalue weighted by molar-refractivity contribution is -0.126. The van der Waals surface area contributed by atoms with Gasteiger partial charge in [0, 0.05) is 35.2 Å². The molecular weight excluding hydrogens is 383 g/mol. The number of rotatable bonds is 6. The zero-order valence-electron chi connectivity index (χ0n) is 15.2. The molecule has 0 bridgehead atoms. The van der Waals surface area contributed by atoms with Crippen LogP contribution in [0.1, 0.15) is 24.5 Å². The molecule has 2 amide bonds. The summed E-state index contributed by atoms with van der Waals surface area (Å²) in [6.07, 6.45) is 1.81. The van der Waals surface area contributed by atoms with Gasteiger partial charge in [-0.1, -0.05) is 48.3 Å². The maximum absolute atomic E-state index is 12.5. The van der Waals surface area contributed by atoms with Gasteiger partial charge in [0.25, 0.3) is 0 Å². The van der Waals surface area contributed by atoms with Crippen LogP contribution in [0.2, 0.25) is 10.0 Å². The van der Waals surface area contributed by atoms with Gasteiger partial charge in [0.2, 0.25) is 11.8 Å². The van der Waals surface area contributed by atoms with Crippen LogP contribution < -0.4 is 10.2 Å². The Balaban J connectivity index is 1.54. The van der Waals surface area contributed by atoms with Crippen molar-refractivity contribution in [1.29, 1.82) is 0 Å². The van der Waals surface area contributed by atoms with Crippen molar-refractivity contribution < 1.29 is 9.59 Å². The minimum atomic E-state index is -0.330. The van der Waals surface area contributed by atoms with Crippen molar-refractivity contribution in [3.05, 3.63) is 63.6 Å². The summed E-state index contributed by atoms with van der Waals surface area (Å²) in [5, 5.41) is 4.10. The fraction of sp³-hybridized carbons (Fsp3) is 0.333. The number of anilines is 1. The number of nitrogens with one attached hydrogen (secondary N) is 1. The minimum Gasteiger partial charge on any atom is -0.355 e. The summed E-state index contributed by atoms with van der Waals surface area (Å²) in [5.74, 6) is -0.440. The van der Waals surface area contributed by atoms with Gasteiger partial charge in [0.05, 0.1) is 5.92 Å². The van der Waals surface area contributed by atoms with Gasteiger partial charge in [-0.2, -0.15) is 0 Å². The van der Waals surface area contributed by atoms with E-state index in [9.17, 15) is 9.59 Å². The lowest BCUT2D eigenvalue weighted by Crippen LogP contribution is -2.34. The van der Waals surface area contributed by atoms with Gasteiger partial charge < -0.3 is 10.2 Å². The second kappa shape index (κ2) is 8.77. The first kappa shape index (κ1) is 19.7. The molecule has 4 nitrogen and oxygen atoms in total. The molecule has 6 heteroatoms. The van der Waals surface area contributed by atoms with E-state index in [2.05, 4.69) is 12.2 Å². The van der Waals surface area contributed by atoms with E-state index in [4.69, 9.17) is 23.2 Å². The zero-order chi connectivity index (χ0) is 19.4. The Morgan fingerprint density at radius 1 is 1.19 bits per heavy atom. The molecule has 0 unspecified atom stereocenters. The van der Waals surface area contributed by atoms with Gasteiger partial charge in [0.15, 0.2) is 0 Å². The number of hydrogen-bond acceptors (Lipinski definition) is 2. The van der Waals surface area contributed by atoms with Gasteiger partial charge in [-0.25, -0.2) is 0 Å². The second-order valence-electron chi connectivity index (χ2n) is 6.70. The maximum Gasteiger partial charge on any atom is 0.227 e. The van der Waals surface area contributed by atoms with E-state index in [-0.39, 0.29) is 24.2 Å². The van der Waals surface area contributed by atoms with Gasteiger partial charge in [-0.3, -0.25) is 9.59 Å². The highest BCUT2D eigenvalue weighted by molar-refractivity contribution is 6.35. The Morgan fingerprint density at radius 2 is 1.93 bits per heavy atom. The van der Waals surface area contributed by atoms with Crippen LogP contribution in [-0.4, -0.2) is 24.9 Å². The molecule has 1 saturated heterocycles. The predicted molar refractivity (Wildman–Crippen MR) is 109 cm³/mol. The van der Waals surface area contributed by atoms with E-state index in [0.29, 0.717) is 29.6 Å². The molecule has 0 aromatic heterocycles. The highest BCUT2D eigenvalue weighted by atomic mass is 35.5. The molecule has 142 valence electrons. The Morgan fingerprint density at radius 3 is 2.59 bits per heavy atom. The van der Waals surface area contributed by atoms with Crippen molar-refractivity contribution in [2.24, 2.45) is 5.92 Å². The van der Waals surface area contributed by atoms with E-state index in [1.54, 1.807) is 17.0 Å². The average Bonchev–Trinajstić information content (AvgIpc) is 3.05. The van der Waals surface area contributed by atoms with Crippen LogP contribution in [0.4, 0.5) is 5.69 Å². The minimum absolute atomic E-state index is 0.0138. The van der Waals surface area contributed by atoms with Gasteiger partial charge in [-0.05, 0) is 48.2 Å². The molecule has 0 radical (unpaired) electrons. The van der Waals surface area contributed by atoms with Gasteiger partial charge in [-0.15, -0.1) is 0 Å². The number of carbonyl (C=O) groups excluding carboxylic acids is 2. The molecular formula is C21H22Cl2N2O2. The standard InChI is InChI=1S/C21H22Cl2N2O2/c1-2-14-3-7-18(8-4-14)25-13-16(11-20(25)26)21(27)24-10-9-15-5-6-17(22)12-19(15)23/h3-8,12,16H,2,9-11,13H2,1H3,(H,24,27)/t16-/m0/s1. The molecule has 3 rings (SSSR count). The Bertz CT molecular complexity index is 837. The molecule has 1 atom stereocenters. The molecule has 2 aromatic rings. The predicted octanol–water partition coefficient (Wildman–Crippen LogP) is 4.27. The molecule has 1 aliphatic rings. The normalized spacial score (nSPS) is 16.6. The van der Waals surface area contributed by atoms with E-state index >= 15 is 0 Å². The van der Waals surface area contributed by atoms with Crippen LogP contribution in [0.3, 0.4) is 0 Å². The van der Waals surface area contributed by atoms with E-state index in [0.717, 1.165) is 17.7 Å². The van der Waals surface area contributed by atoms with Gasteiger partial charge >= 0.3 is 0 Å². The Kier molecular flexibility index (Phi) is 6.40. The summed E-state index contributed by atoms with van der Waals surface area (Å²) in [4.78, 5) is 26.5. The molecule has 0 aliphatic carbocycles. The van der Waals surface area contributed by atoms with Crippen LogP contribution in [-0.2, 0) is 22.4 Å². The summed E-state index contributed by atoms with van der Waals surface area (Å²) >= 11 is 12.0. The molecule has 1 heterocycles. The Labute approximate surface area is 169 Å². The lowest BCUT2D eigenvalue weighted by Gasteiger charge is -2.17. The molecule has 0 spiro atoms. The third-order valence-electron chi connectivity index (χ3n) is 4.86. The quantitative estimate of drug-likeness (QED) is 0.781. The zero-order valence-corrected chi connectivity index (χ0v) is 16.7. The fourth-order valence-electron chi connectivity index (χ4n) is 3.23. The van der Waals surface area contributed by atoms with Crippen LogP contribution in [0.25, 0.3) is 0 Å². The number of hydrogen-bond donors (Lipinski definition) is 1. The first-order valence-corrected chi connectivity index (χ1v) is 9.84. The third-order valence-corrected chi connectivity index (χ3v) is 5.45. The van der Waals surface area contributed by atoms with Crippen molar-refractivity contribution in [3.8, 4) is 0 Å². The van der Waals surface area contributed by atoms with Crippen molar-refractivity contribution in [2.45, 2.75) is 26.2 Å². The van der Waals surface area contributed by atoms with Gasteiger partial charge in [0.1, 0.15) is 0 Å². The summed E-state index contributed by atoms with van der Waals surface area (Å²) in [5.41, 5.74) is 3.00. The smallest absolute Gasteiger partial charge is 0.227 e. The topological polar surface area (TPSA) is 49.4 Å². The number of carbonyl (C=O) groups is 2. The van der Waals surface area contributed by atoms with Crippen molar-refractivity contribution >= 4 is 40.7 Å². The van der Waals surface area contributed by atoms with Crippen LogP contribution in [0.15, 0.2) is 42.5 Å². The van der Waals surface area contributed by atoms with Crippen molar-refractivity contribution in [3.63, 3.8) is 0 Å². The van der Waals surface area contributed by atoms with Crippen molar-refractivity contribution in [1.82, 2.24) is 5.32 Å². The highest BCUT2D eigenvalue weighted by Crippen LogP contribution is 2.26. The largest absolute Gasteiger partial charge is 0.355 e. The maximum atomic E-state index is 12.5. The average molecular weight is 405 g/mol. The summed E-state index contributed by atoms with van der Waals surface area (Å²) in [6, 6.07) is 13.3. The molecule has 1 N–H and O–H groups in total. The number of benzene rings is 2. The Hall–Kier alpha value is -2.04. The molecule has 0 saturated carbocycles. The first-order valence-electron chi connectivity index (χ1n) is 9.09. The second-order valence-corrected chi connectivity index (χ2v) is 7.55. The summed E-state index contributed by atoms with van der Waals surface area (Å²) < 4.78 is 0.